The van der Waals surface area contributed by atoms with Crippen LogP contribution in [0, 0.1) is 5.41 Å². The molecule has 0 saturated heterocycles. The Kier molecular flexibility index (Phi) is 2.34. The second kappa shape index (κ2) is 3.27. The summed E-state index contributed by atoms with van der Waals surface area (Å²) in [5.41, 5.74) is 1.97. The van der Waals surface area contributed by atoms with Gasteiger partial charge in [0.05, 0.1) is 0 Å². The minimum atomic E-state index is 0.940. The van der Waals surface area contributed by atoms with Crippen molar-refractivity contribution in [3.8, 4) is 0 Å². The molecule has 0 saturated carbocycles. The van der Waals surface area contributed by atoms with Gasteiger partial charge in [0.25, 0.3) is 0 Å². The van der Waals surface area contributed by atoms with Gasteiger partial charge in [-0.2, -0.15) is 11.3 Å². The van der Waals surface area contributed by atoms with Crippen LogP contribution in [0.5, 0.6) is 0 Å². The van der Waals surface area contributed by atoms with Crippen molar-refractivity contribution in [3.63, 3.8) is 0 Å². The van der Waals surface area contributed by atoms with Gasteiger partial charge < -0.3 is 5.41 Å². The highest BCUT2D eigenvalue weighted by atomic mass is 32.1. The first kappa shape index (κ1) is 7.15. The standard InChI is InChI=1S/C7H8N2S/c1-9-3-7-5-10-4-6(7)2-8/h2-5,8H,1H3. The average Bonchev–Trinajstić information content (AvgIpc) is 2.36. The van der Waals surface area contributed by atoms with Crippen LogP contribution in [0.1, 0.15) is 11.1 Å². The predicted octanol–water partition coefficient (Wildman–Crippen LogP) is 1.79. The molecule has 0 fully saturated rings. The molecule has 2 nitrogen and oxygen atoms in total. The summed E-state index contributed by atoms with van der Waals surface area (Å²) in [6.45, 7) is 0. The topological polar surface area (TPSA) is 36.2 Å². The van der Waals surface area contributed by atoms with Gasteiger partial charge in [-0.05, 0) is 0 Å². The Bertz CT molecular complexity index is 250. The molecule has 1 rings (SSSR count). The van der Waals surface area contributed by atoms with Crippen LogP contribution in [0.25, 0.3) is 0 Å². The van der Waals surface area contributed by atoms with E-state index in [1.165, 1.54) is 6.21 Å². The number of hydrogen-bond donors (Lipinski definition) is 1. The zero-order valence-corrected chi connectivity index (χ0v) is 6.48. The van der Waals surface area contributed by atoms with E-state index >= 15 is 0 Å². The molecule has 0 aliphatic rings. The van der Waals surface area contributed by atoms with Crippen molar-refractivity contribution < 1.29 is 0 Å². The lowest BCUT2D eigenvalue weighted by molar-refractivity contribution is 1.46. The van der Waals surface area contributed by atoms with Gasteiger partial charge in [-0.25, -0.2) is 0 Å². The highest BCUT2D eigenvalue weighted by Crippen LogP contribution is 2.09. The van der Waals surface area contributed by atoms with Gasteiger partial charge in [-0.3, -0.25) is 4.99 Å². The Morgan fingerprint density at radius 1 is 1.50 bits per heavy atom. The van der Waals surface area contributed by atoms with Crippen LogP contribution < -0.4 is 0 Å². The van der Waals surface area contributed by atoms with Crippen molar-refractivity contribution in [2.24, 2.45) is 4.99 Å². The molecule has 52 valence electrons. The molecule has 0 spiro atoms. The largest absolute Gasteiger partial charge is 0.308 e. The van der Waals surface area contributed by atoms with Crippen LogP contribution in [0.3, 0.4) is 0 Å². The van der Waals surface area contributed by atoms with E-state index in [1.807, 2.05) is 10.8 Å². The van der Waals surface area contributed by atoms with Gasteiger partial charge in [0, 0.05) is 41.4 Å². The number of nitrogens with zero attached hydrogens (tertiary/aromatic N) is 1. The molecule has 1 aromatic rings. The highest BCUT2D eigenvalue weighted by Gasteiger charge is 1.95. The first-order valence-electron chi connectivity index (χ1n) is 2.87. The summed E-state index contributed by atoms with van der Waals surface area (Å²) >= 11 is 1.59. The maximum Gasteiger partial charge on any atom is 0.0296 e. The van der Waals surface area contributed by atoms with Gasteiger partial charge in [-0.15, -0.1) is 0 Å². The van der Waals surface area contributed by atoms with Crippen LogP contribution >= 0.6 is 11.3 Å². The zero-order valence-electron chi connectivity index (χ0n) is 5.66. The molecule has 0 bridgehead atoms. The van der Waals surface area contributed by atoms with Crippen LogP contribution in [-0.2, 0) is 0 Å². The summed E-state index contributed by atoms with van der Waals surface area (Å²) in [4.78, 5) is 3.87. The minimum absolute atomic E-state index is 0.940. The predicted molar refractivity (Wildman–Crippen MR) is 45.7 cm³/mol. The molecular formula is C7H8N2S. The van der Waals surface area contributed by atoms with Gasteiger partial charge in [-0.1, -0.05) is 0 Å². The fourth-order valence-corrected chi connectivity index (χ4v) is 1.44. The van der Waals surface area contributed by atoms with Crippen molar-refractivity contribution in [2.45, 2.75) is 0 Å². The Morgan fingerprint density at radius 3 is 2.80 bits per heavy atom. The first-order valence-corrected chi connectivity index (χ1v) is 3.81. The third kappa shape index (κ3) is 1.30. The fraction of sp³-hybridized carbons (Fsp3) is 0.143. The number of nitrogens with one attached hydrogen (secondary N) is 1. The van der Waals surface area contributed by atoms with Crippen molar-refractivity contribution in [3.05, 3.63) is 21.9 Å². The average molecular weight is 152 g/mol. The van der Waals surface area contributed by atoms with Crippen LogP contribution in [0.2, 0.25) is 0 Å². The summed E-state index contributed by atoms with van der Waals surface area (Å²) in [7, 11) is 1.73. The number of rotatable bonds is 2. The van der Waals surface area contributed by atoms with Gasteiger partial charge in [0.1, 0.15) is 0 Å². The second-order valence-corrected chi connectivity index (χ2v) is 2.56. The maximum atomic E-state index is 7.00. The summed E-state index contributed by atoms with van der Waals surface area (Å²) in [6.07, 6.45) is 3.10. The van der Waals surface area contributed by atoms with Gasteiger partial charge in [0.2, 0.25) is 0 Å². The zero-order chi connectivity index (χ0) is 7.40. The summed E-state index contributed by atoms with van der Waals surface area (Å²) in [6, 6.07) is 0. The second-order valence-electron chi connectivity index (χ2n) is 1.81. The molecule has 0 aromatic carbocycles. The first-order chi connectivity index (χ1) is 4.88. The Morgan fingerprint density at radius 2 is 2.20 bits per heavy atom. The van der Waals surface area contributed by atoms with E-state index in [0.29, 0.717) is 0 Å². The molecule has 1 heterocycles. The molecule has 0 unspecified atom stereocenters. The van der Waals surface area contributed by atoms with Crippen LogP contribution in [-0.4, -0.2) is 19.5 Å². The van der Waals surface area contributed by atoms with Gasteiger partial charge >= 0.3 is 0 Å². The van der Waals surface area contributed by atoms with Crippen molar-refractivity contribution in [1.82, 2.24) is 0 Å². The number of thiophene rings is 1. The molecule has 3 heteroatoms. The molecule has 0 aliphatic heterocycles. The lowest BCUT2D eigenvalue weighted by Gasteiger charge is -1.85. The number of aliphatic imine (C=N–C) groups is 1. The van der Waals surface area contributed by atoms with Crippen molar-refractivity contribution in [1.29, 1.82) is 5.41 Å². The Labute approximate surface area is 63.7 Å². The van der Waals surface area contributed by atoms with Crippen LogP contribution in [0.4, 0.5) is 0 Å². The van der Waals surface area contributed by atoms with E-state index < -0.39 is 0 Å². The maximum absolute atomic E-state index is 7.00. The molecule has 10 heavy (non-hydrogen) atoms. The summed E-state index contributed by atoms with van der Waals surface area (Å²) in [5.74, 6) is 0. The lowest BCUT2D eigenvalue weighted by Crippen LogP contribution is -1.83. The number of hydrogen-bond acceptors (Lipinski definition) is 3. The fourth-order valence-electron chi connectivity index (χ4n) is 0.678. The molecular weight excluding hydrogens is 144 g/mol. The Balaban J connectivity index is 3.00. The van der Waals surface area contributed by atoms with E-state index in [2.05, 4.69) is 4.99 Å². The van der Waals surface area contributed by atoms with E-state index in [-0.39, 0.29) is 0 Å². The third-order valence-corrected chi connectivity index (χ3v) is 1.93. The molecule has 1 aromatic heterocycles. The normalized spacial score (nSPS) is 10.5. The molecule has 1 N–H and O–H groups in total. The van der Waals surface area contributed by atoms with E-state index in [0.717, 1.165) is 11.1 Å². The van der Waals surface area contributed by atoms with Gasteiger partial charge in [0.15, 0.2) is 0 Å². The third-order valence-electron chi connectivity index (χ3n) is 1.15. The molecule has 0 amide bonds. The highest BCUT2D eigenvalue weighted by molar-refractivity contribution is 7.08. The summed E-state index contributed by atoms with van der Waals surface area (Å²) in [5, 5.41) is 10.9. The van der Waals surface area contributed by atoms with E-state index in [4.69, 9.17) is 5.41 Å². The lowest BCUT2D eigenvalue weighted by atomic mass is 10.2. The quantitative estimate of drug-likeness (QED) is 0.627. The van der Waals surface area contributed by atoms with Crippen LogP contribution in [0.15, 0.2) is 15.8 Å². The van der Waals surface area contributed by atoms with Crippen molar-refractivity contribution in [2.75, 3.05) is 7.05 Å². The van der Waals surface area contributed by atoms with E-state index in [1.54, 1.807) is 24.6 Å². The minimum Gasteiger partial charge on any atom is -0.308 e. The monoisotopic (exact) mass is 152 g/mol. The summed E-state index contributed by atoms with van der Waals surface area (Å²) < 4.78 is 0. The molecule has 0 aliphatic carbocycles. The Hall–Kier alpha value is -0.960. The van der Waals surface area contributed by atoms with E-state index in [9.17, 15) is 0 Å². The molecule has 0 radical (unpaired) electrons. The molecule has 0 atom stereocenters. The smallest absolute Gasteiger partial charge is 0.0296 e. The van der Waals surface area contributed by atoms with Crippen molar-refractivity contribution >= 4 is 23.8 Å². The SMILES string of the molecule is CN=Cc1cscc1C=N.